The molecule has 2 rings (SSSR count). The maximum atomic E-state index is 14.1. The van der Waals surface area contributed by atoms with Crippen LogP contribution in [0.25, 0.3) is 0 Å². The first-order valence-electron chi connectivity index (χ1n) is 8.31. The molecule has 2 amide bonds. The molecule has 1 aliphatic rings. The third kappa shape index (κ3) is 6.25. The van der Waals surface area contributed by atoms with Crippen molar-refractivity contribution in [2.45, 2.75) is 39.2 Å². The van der Waals surface area contributed by atoms with Crippen LogP contribution in [0.5, 0.6) is 0 Å². The van der Waals surface area contributed by atoms with E-state index >= 15 is 0 Å². The van der Waals surface area contributed by atoms with Crippen LogP contribution in [0.1, 0.15) is 26.3 Å². The fourth-order valence-corrected chi connectivity index (χ4v) is 2.49. The van der Waals surface area contributed by atoms with Gasteiger partial charge in [-0.1, -0.05) is 30.3 Å². The minimum atomic E-state index is -1.21. The molecular formula is C18H25FN2O4. The third-order valence-corrected chi connectivity index (χ3v) is 3.73. The van der Waals surface area contributed by atoms with Gasteiger partial charge in [0.05, 0.1) is 6.54 Å². The van der Waals surface area contributed by atoms with E-state index in [2.05, 4.69) is 5.32 Å². The molecule has 0 unspecified atom stereocenters. The lowest BCUT2D eigenvalue weighted by atomic mass is 10.1. The lowest BCUT2D eigenvalue weighted by molar-refractivity contribution is 0.0281. The van der Waals surface area contributed by atoms with Gasteiger partial charge in [-0.15, -0.1) is 0 Å². The highest BCUT2D eigenvalue weighted by Crippen LogP contribution is 2.22. The Labute approximate surface area is 147 Å². The van der Waals surface area contributed by atoms with Crippen molar-refractivity contribution in [2.75, 3.05) is 19.6 Å². The van der Waals surface area contributed by atoms with Crippen molar-refractivity contribution < 1.29 is 23.5 Å². The lowest BCUT2D eigenvalue weighted by Gasteiger charge is -2.24. The van der Waals surface area contributed by atoms with E-state index in [0.29, 0.717) is 0 Å². The Kier molecular flexibility index (Phi) is 6.22. The molecule has 1 heterocycles. The third-order valence-electron chi connectivity index (χ3n) is 3.73. The summed E-state index contributed by atoms with van der Waals surface area (Å²) < 4.78 is 24.4. The lowest BCUT2D eigenvalue weighted by Crippen LogP contribution is -2.36. The van der Waals surface area contributed by atoms with E-state index in [-0.39, 0.29) is 26.2 Å². The topological polar surface area (TPSA) is 67.9 Å². The van der Waals surface area contributed by atoms with E-state index in [4.69, 9.17) is 9.47 Å². The molecule has 0 saturated carbocycles. The summed E-state index contributed by atoms with van der Waals surface area (Å²) in [7, 11) is 0. The summed E-state index contributed by atoms with van der Waals surface area (Å²) in [5.74, 6) is -0.475. The number of nitrogens with one attached hydrogen (secondary N) is 1. The quantitative estimate of drug-likeness (QED) is 0.904. The van der Waals surface area contributed by atoms with Gasteiger partial charge in [0.15, 0.2) is 0 Å². The van der Waals surface area contributed by atoms with Gasteiger partial charge >= 0.3 is 12.2 Å². The van der Waals surface area contributed by atoms with Crippen LogP contribution in [0.4, 0.5) is 14.0 Å². The second-order valence-corrected chi connectivity index (χ2v) is 7.10. The van der Waals surface area contributed by atoms with Gasteiger partial charge in [-0.25, -0.2) is 14.0 Å². The Morgan fingerprint density at radius 1 is 1.24 bits per heavy atom. The number of benzene rings is 1. The monoisotopic (exact) mass is 352 g/mol. The number of hydrogen-bond donors (Lipinski definition) is 1. The van der Waals surface area contributed by atoms with Gasteiger partial charge in [0, 0.05) is 19.0 Å². The largest absolute Gasteiger partial charge is 0.445 e. The van der Waals surface area contributed by atoms with Crippen LogP contribution in [0.2, 0.25) is 0 Å². The van der Waals surface area contributed by atoms with Crippen molar-refractivity contribution in [3.8, 4) is 0 Å². The molecule has 1 aliphatic heterocycles. The van der Waals surface area contributed by atoms with E-state index in [1.165, 1.54) is 4.90 Å². The molecule has 1 saturated heterocycles. The van der Waals surface area contributed by atoms with Gasteiger partial charge in [0.1, 0.15) is 18.4 Å². The standard InChI is InChI=1S/C18H25FN2O4/c1-18(2,3)25-17(23)21-10-14(15(19)11-21)9-20-16(22)24-12-13-7-5-4-6-8-13/h4-8,14-15H,9-12H2,1-3H3,(H,20,22)/t14-,15+/m1/s1. The predicted molar refractivity (Wildman–Crippen MR) is 90.8 cm³/mol. The van der Waals surface area contributed by atoms with E-state index in [1.807, 2.05) is 30.3 Å². The summed E-state index contributed by atoms with van der Waals surface area (Å²) in [6.45, 7) is 5.71. The summed E-state index contributed by atoms with van der Waals surface area (Å²) in [5, 5.41) is 2.55. The molecule has 0 bridgehead atoms. The zero-order valence-electron chi connectivity index (χ0n) is 14.8. The first kappa shape index (κ1) is 19.0. The maximum absolute atomic E-state index is 14.1. The number of carbonyl (C=O) groups excluding carboxylic acids is 2. The van der Waals surface area contributed by atoms with Crippen molar-refractivity contribution in [3.05, 3.63) is 35.9 Å². The molecular weight excluding hydrogens is 327 g/mol. The number of alkyl carbamates (subject to hydrolysis) is 1. The van der Waals surface area contributed by atoms with E-state index in [9.17, 15) is 14.0 Å². The van der Waals surface area contributed by atoms with E-state index in [0.717, 1.165) is 5.56 Å². The van der Waals surface area contributed by atoms with E-state index < -0.39 is 29.9 Å². The molecule has 0 aromatic heterocycles. The predicted octanol–water partition coefficient (Wildman–Crippen LogP) is 3.12. The van der Waals surface area contributed by atoms with Crippen LogP contribution in [-0.4, -0.2) is 48.5 Å². The highest BCUT2D eigenvalue weighted by atomic mass is 19.1. The van der Waals surface area contributed by atoms with Crippen LogP contribution >= 0.6 is 0 Å². The minimum absolute atomic E-state index is 0.0275. The SMILES string of the molecule is CC(C)(C)OC(=O)N1C[C@@H](CNC(=O)OCc2ccccc2)[C@@H](F)C1. The smallest absolute Gasteiger partial charge is 0.410 e. The van der Waals surface area contributed by atoms with Gasteiger partial charge in [0.2, 0.25) is 0 Å². The average molecular weight is 352 g/mol. The van der Waals surface area contributed by atoms with Gasteiger partial charge in [-0.2, -0.15) is 0 Å². The van der Waals surface area contributed by atoms with Crippen LogP contribution in [-0.2, 0) is 16.1 Å². The summed E-state index contributed by atoms with van der Waals surface area (Å²) in [6, 6.07) is 9.28. The first-order chi connectivity index (χ1) is 11.7. The van der Waals surface area contributed by atoms with Crippen molar-refractivity contribution in [1.29, 1.82) is 0 Å². The molecule has 1 fully saturated rings. The number of likely N-dealkylation sites (tertiary alicyclic amines) is 1. The molecule has 7 heteroatoms. The molecule has 0 radical (unpaired) electrons. The Morgan fingerprint density at radius 2 is 1.92 bits per heavy atom. The highest BCUT2D eigenvalue weighted by Gasteiger charge is 2.37. The van der Waals surface area contributed by atoms with Crippen molar-refractivity contribution in [2.24, 2.45) is 5.92 Å². The molecule has 0 aliphatic carbocycles. The zero-order valence-corrected chi connectivity index (χ0v) is 14.8. The number of ether oxygens (including phenoxy) is 2. The Balaban J connectivity index is 1.73. The molecule has 2 atom stereocenters. The number of rotatable bonds is 4. The van der Waals surface area contributed by atoms with Crippen LogP contribution in [0.15, 0.2) is 30.3 Å². The Hall–Kier alpha value is -2.31. The van der Waals surface area contributed by atoms with Crippen LogP contribution < -0.4 is 5.32 Å². The fourth-order valence-electron chi connectivity index (χ4n) is 2.49. The maximum Gasteiger partial charge on any atom is 0.410 e. The summed E-state index contributed by atoms with van der Waals surface area (Å²) in [5.41, 5.74) is 0.249. The summed E-state index contributed by atoms with van der Waals surface area (Å²) in [6.07, 6.45) is -2.35. The summed E-state index contributed by atoms with van der Waals surface area (Å²) in [4.78, 5) is 25.0. The molecule has 25 heavy (non-hydrogen) atoms. The van der Waals surface area contributed by atoms with Crippen LogP contribution in [0.3, 0.4) is 0 Å². The first-order valence-corrected chi connectivity index (χ1v) is 8.31. The number of amides is 2. The number of halogens is 1. The molecule has 1 aromatic carbocycles. The van der Waals surface area contributed by atoms with E-state index in [1.54, 1.807) is 20.8 Å². The number of carbonyl (C=O) groups is 2. The second kappa shape index (κ2) is 8.18. The Morgan fingerprint density at radius 3 is 2.56 bits per heavy atom. The summed E-state index contributed by atoms with van der Waals surface area (Å²) >= 11 is 0. The average Bonchev–Trinajstić information content (AvgIpc) is 2.91. The van der Waals surface area contributed by atoms with Crippen molar-refractivity contribution >= 4 is 12.2 Å². The van der Waals surface area contributed by atoms with Gasteiger partial charge in [-0.05, 0) is 26.3 Å². The second-order valence-electron chi connectivity index (χ2n) is 7.10. The molecule has 1 N–H and O–H groups in total. The van der Waals surface area contributed by atoms with Crippen molar-refractivity contribution in [3.63, 3.8) is 0 Å². The fraction of sp³-hybridized carbons (Fsp3) is 0.556. The molecule has 138 valence electrons. The normalized spacial score (nSPS) is 20.2. The highest BCUT2D eigenvalue weighted by molar-refractivity contribution is 5.69. The number of nitrogens with zero attached hydrogens (tertiary/aromatic N) is 1. The number of alkyl halides is 1. The molecule has 6 nitrogen and oxygen atoms in total. The van der Waals surface area contributed by atoms with Gasteiger partial charge < -0.3 is 19.7 Å². The minimum Gasteiger partial charge on any atom is -0.445 e. The van der Waals surface area contributed by atoms with Gasteiger partial charge in [0.25, 0.3) is 0 Å². The zero-order chi connectivity index (χ0) is 18.4. The molecule has 1 aromatic rings. The number of hydrogen-bond acceptors (Lipinski definition) is 4. The Bertz CT molecular complexity index is 588. The van der Waals surface area contributed by atoms with Crippen LogP contribution in [0, 0.1) is 5.92 Å². The van der Waals surface area contributed by atoms with Crippen molar-refractivity contribution in [1.82, 2.24) is 10.2 Å². The molecule has 0 spiro atoms. The van der Waals surface area contributed by atoms with Gasteiger partial charge in [-0.3, -0.25) is 0 Å².